The number of carboxylic acid groups (broad SMARTS) is 1. The van der Waals surface area contributed by atoms with Crippen molar-refractivity contribution < 1.29 is 9.90 Å². The van der Waals surface area contributed by atoms with Crippen LogP contribution in [-0.2, 0) is 4.79 Å². The highest BCUT2D eigenvalue weighted by molar-refractivity contribution is 5.76. The molecule has 3 nitrogen and oxygen atoms in total. The predicted molar refractivity (Wildman–Crippen MR) is 37.5 cm³/mol. The molecule has 0 aliphatic carbocycles. The van der Waals surface area contributed by atoms with Gasteiger partial charge in [-0.1, -0.05) is 20.8 Å². The third kappa shape index (κ3) is 2.06. The average molecular weight is 141 g/mol. The topological polar surface area (TPSA) is 41.7 Å². The molecule has 10 heavy (non-hydrogen) atoms. The highest BCUT2D eigenvalue weighted by Gasteiger charge is 2.36. The SMILES string of the molecule is [C-]#[N+]C(C(=O)O)C(C)(C)C. The van der Waals surface area contributed by atoms with Crippen molar-refractivity contribution in [1.82, 2.24) is 0 Å². The van der Waals surface area contributed by atoms with Gasteiger partial charge in [0.2, 0.25) is 0 Å². The molecule has 0 aromatic carbocycles. The van der Waals surface area contributed by atoms with Gasteiger partial charge < -0.3 is 9.95 Å². The molecule has 0 aliphatic rings. The van der Waals surface area contributed by atoms with Crippen molar-refractivity contribution in [1.29, 1.82) is 0 Å². The van der Waals surface area contributed by atoms with E-state index in [4.69, 9.17) is 11.7 Å². The lowest BCUT2D eigenvalue weighted by molar-refractivity contribution is -0.139. The Morgan fingerprint density at radius 2 is 2.00 bits per heavy atom. The van der Waals surface area contributed by atoms with Crippen molar-refractivity contribution in [2.45, 2.75) is 26.8 Å². The van der Waals surface area contributed by atoms with Crippen LogP contribution in [0.15, 0.2) is 0 Å². The van der Waals surface area contributed by atoms with E-state index < -0.39 is 17.4 Å². The number of carbonyl (C=O) groups is 1. The minimum absolute atomic E-state index is 0.465. The van der Waals surface area contributed by atoms with Crippen molar-refractivity contribution in [3.05, 3.63) is 11.4 Å². The Kier molecular flexibility index (Phi) is 2.42. The van der Waals surface area contributed by atoms with Gasteiger partial charge >= 0.3 is 12.0 Å². The van der Waals surface area contributed by atoms with Gasteiger partial charge in [-0.3, -0.25) is 0 Å². The van der Waals surface area contributed by atoms with E-state index in [2.05, 4.69) is 4.85 Å². The third-order valence-electron chi connectivity index (χ3n) is 1.18. The molecule has 0 aromatic rings. The van der Waals surface area contributed by atoms with Crippen LogP contribution in [0.1, 0.15) is 20.8 Å². The molecule has 0 radical (unpaired) electrons. The van der Waals surface area contributed by atoms with Gasteiger partial charge in [-0.15, -0.1) is 0 Å². The fourth-order valence-corrected chi connectivity index (χ4v) is 0.619. The summed E-state index contributed by atoms with van der Waals surface area (Å²) in [4.78, 5) is 13.4. The first-order valence-electron chi connectivity index (χ1n) is 2.99. The normalized spacial score (nSPS) is 13.8. The minimum atomic E-state index is -1.04. The molecule has 1 unspecified atom stereocenters. The van der Waals surface area contributed by atoms with Crippen LogP contribution in [0, 0.1) is 12.0 Å². The number of carboxylic acids is 1. The summed E-state index contributed by atoms with van der Waals surface area (Å²) >= 11 is 0. The first kappa shape index (κ1) is 8.96. The summed E-state index contributed by atoms with van der Waals surface area (Å²) in [6, 6.07) is -0.924. The molecule has 0 fully saturated rings. The molecule has 0 heterocycles. The van der Waals surface area contributed by atoms with Crippen LogP contribution in [-0.4, -0.2) is 17.1 Å². The number of rotatable bonds is 1. The molecular weight excluding hydrogens is 130 g/mol. The number of hydrogen-bond acceptors (Lipinski definition) is 1. The second kappa shape index (κ2) is 2.70. The molecule has 0 bridgehead atoms. The molecule has 1 N–H and O–H groups in total. The van der Waals surface area contributed by atoms with Gasteiger partial charge in [-0.2, -0.15) is 0 Å². The highest BCUT2D eigenvalue weighted by atomic mass is 16.4. The Morgan fingerprint density at radius 3 is 2.00 bits per heavy atom. The lowest BCUT2D eigenvalue weighted by atomic mass is 9.87. The quantitative estimate of drug-likeness (QED) is 0.561. The van der Waals surface area contributed by atoms with E-state index in [0.29, 0.717) is 0 Å². The molecule has 56 valence electrons. The van der Waals surface area contributed by atoms with Gasteiger partial charge in [0.25, 0.3) is 0 Å². The molecule has 3 heteroatoms. The maximum Gasteiger partial charge on any atom is 0.388 e. The highest BCUT2D eigenvalue weighted by Crippen LogP contribution is 2.21. The molecule has 0 spiro atoms. The summed E-state index contributed by atoms with van der Waals surface area (Å²) in [5.74, 6) is -1.04. The maximum absolute atomic E-state index is 10.4. The lowest BCUT2D eigenvalue weighted by Crippen LogP contribution is -2.30. The molecule has 0 saturated heterocycles. The number of hydrogen-bond donors (Lipinski definition) is 1. The Hall–Kier alpha value is -1.04. The smallest absolute Gasteiger partial charge is 0.388 e. The number of aliphatic carboxylic acids is 1. The van der Waals surface area contributed by atoms with Crippen molar-refractivity contribution in [3.8, 4) is 0 Å². The van der Waals surface area contributed by atoms with Crippen LogP contribution in [0.2, 0.25) is 0 Å². The molecular formula is C7H11NO2. The Labute approximate surface area is 60.5 Å². The summed E-state index contributed by atoms with van der Waals surface area (Å²) in [7, 11) is 0. The largest absolute Gasteiger partial charge is 0.475 e. The van der Waals surface area contributed by atoms with Crippen LogP contribution in [0.5, 0.6) is 0 Å². The summed E-state index contributed by atoms with van der Waals surface area (Å²) in [6.07, 6.45) is 0. The van der Waals surface area contributed by atoms with Gasteiger partial charge in [0.05, 0.1) is 0 Å². The lowest BCUT2D eigenvalue weighted by Gasteiger charge is -2.15. The van der Waals surface area contributed by atoms with Crippen molar-refractivity contribution in [2.75, 3.05) is 0 Å². The van der Waals surface area contributed by atoms with Crippen molar-refractivity contribution >= 4 is 5.97 Å². The molecule has 0 aromatic heterocycles. The van der Waals surface area contributed by atoms with Crippen LogP contribution < -0.4 is 0 Å². The van der Waals surface area contributed by atoms with Crippen molar-refractivity contribution in [3.63, 3.8) is 0 Å². The molecule has 0 amide bonds. The van der Waals surface area contributed by atoms with Gasteiger partial charge in [0.1, 0.15) is 0 Å². The zero-order valence-corrected chi connectivity index (χ0v) is 6.38. The predicted octanol–water partition coefficient (Wildman–Crippen LogP) is 1.40. The van der Waals surface area contributed by atoms with E-state index in [1.165, 1.54) is 0 Å². The molecule has 0 rings (SSSR count). The maximum atomic E-state index is 10.4. The summed E-state index contributed by atoms with van der Waals surface area (Å²) in [5.41, 5.74) is -0.465. The van der Waals surface area contributed by atoms with E-state index in [9.17, 15) is 4.79 Å². The van der Waals surface area contributed by atoms with E-state index in [1.54, 1.807) is 20.8 Å². The summed E-state index contributed by atoms with van der Waals surface area (Å²) in [5, 5.41) is 8.50. The number of nitrogens with zero attached hydrogens (tertiary/aromatic N) is 1. The second-order valence-electron chi connectivity index (χ2n) is 3.24. The second-order valence-corrected chi connectivity index (χ2v) is 3.24. The van der Waals surface area contributed by atoms with E-state index in [-0.39, 0.29) is 0 Å². The van der Waals surface area contributed by atoms with Crippen LogP contribution in [0.25, 0.3) is 4.85 Å². The summed E-state index contributed by atoms with van der Waals surface area (Å²) < 4.78 is 0. The monoisotopic (exact) mass is 141 g/mol. The fraction of sp³-hybridized carbons (Fsp3) is 0.714. The zero-order valence-electron chi connectivity index (χ0n) is 6.38. The molecule has 1 atom stereocenters. The van der Waals surface area contributed by atoms with Gasteiger partial charge in [0.15, 0.2) is 0 Å². The molecule has 0 aliphatic heterocycles. The summed E-state index contributed by atoms with van der Waals surface area (Å²) in [6.45, 7) is 11.8. The first-order chi connectivity index (χ1) is 4.39. The Balaban J connectivity index is 4.42. The first-order valence-corrected chi connectivity index (χ1v) is 2.99. The van der Waals surface area contributed by atoms with Crippen molar-refractivity contribution in [2.24, 2.45) is 5.41 Å². The standard InChI is InChI=1S/C7H11NO2/c1-7(2,3)5(8-4)6(9)10/h5H,1-3H3,(H,9,10). The van der Waals surface area contributed by atoms with Crippen LogP contribution >= 0.6 is 0 Å². The minimum Gasteiger partial charge on any atom is -0.475 e. The van der Waals surface area contributed by atoms with Crippen LogP contribution in [0.4, 0.5) is 0 Å². The Morgan fingerprint density at radius 1 is 1.60 bits per heavy atom. The van der Waals surface area contributed by atoms with Gasteiger partial charge in [-0.25, -0.2) is 11.4 Å². The third-order valence-corrected chi connectivity index (χ3v) is 1.18. The average Bonchev–Trinajstić information content (AvgIpc) is 1.60. The van der Waals surface area contributed by atoms with E-state index in [0.717, 1.165) is 0 Å². The van der Waals surface area contributed by atoms with Gasteiger partial charge in [-0.05, 0) is 0 Å². The Bertz CT molecular complexity index is 173. The molecule has 0 saturated carbocycles. The fourth-order valence-electron chi connectivity index (χ4n) is 0.619. The van der Waals surface area contributed by atoms with E-state index in [1.807, 2.05) is 0 Å². The van der Waals surface area contributed by atoms with E-state index >= 15 is 0 Å². The zero-order chi connectivity index (χ0) is 8.36. The van der Waals surface area contributed by atoms with Gasteiger partial charge in [0, 0.05) is 5.41 Å². The van der Waals surface area contributed by atoms with Crippen LogP contribution in [0.3, 0.4) is 0 Å².